The molecule has 0 atom stereocenters. The number of halogens is 1. The van der Waals surface area contributed by atoms with Crippen molar-refractivity contribution in [3.8, 4) is 0 Å². The van der Waals surface area contributed by atoms with Gasteiger partial charge in [-0.25, -0.2) is 17.6 Å². The molecule has 2 aliphatic rings. The number of rotatable bonds is 4. The molecule has 0 N–H and O–H groups in total. The van der Waals surface area contributed by atoms with Crippen LogP contribution in [0.5, 0.6) is 0 Å². The first-order chi connectivity index (χ1) is 14.9. The summed E-state index contributed by atoms with van der Waals surface area (Å²) in [5.74, 6) is -0.458. The highest BCUT2D eigenvalue weighted by molar-refractivity contribution is 7.89. The Balaban J connectivity index is 1.35. The number of piperidine rings is 2. The Morgan fingerprint density at radius 1 is 0.968 bits per heavy atom. The molecular weight excluding hydrogens is 419 g/mol. The zero-order chi connectivity index (χ0) is 21.9. The van der Waals surface area contributed by atoms with Crippen LogP contribution in [0.15, 0.2) is 59.5 Å². The number of benzene rings is 2. The van der Waals surface area contributed by atoms with Gasteiger partial charge in [-0.3, -0.25) is 0 Å². The van der Waals surface area contributed by atoms with Crippen molar-refractivity contribution in [3.05, 3.63) is 66.0 Å². The van der Waals surface area contributed by atoms with E-state index in [1.165, 1.54) is 28.6 Å². The quantitative estimate of drug-likeness (QED) is 0.711. The highest BCUT2D eigenvalue weighted by atomic mass is 32.2. The van der Waals surface area contributed by atoms with E-state index in [9.17, 15) is 17.6 Å². The maximum absolute atomic E-state index is 13.2. The Hall–Kier alpha value is -2.45. The number of amides is 1. The zero-order valence-electron chi connectivity index (χ0n) is 17.4. The van der Waals surface area contributed by atoms with Crippen molar-refractivity contribution in [1.82, 2.24) is 9.21 Å². The predicted octanol–water partition coefficient (Wildman–Crippen LogP) is 4.03. The van der Waals surface area contributed by atoms with E-state index in [4.69, 9.17) is 4.74 Å². The Morgan fingerprint density at radius 2 is 1.65 bits per heavy atom. The molecule has 31 heavy (non-hydrogen) atoms. The summed E-state index contributed by atoms with van der Waals surface area (Å²) < 4.78 is 46.2. The van der Waals surface area contributed by atoms with Crippen molar-refractivity contribution in [1.29, 1.82) is 0 Å². The minimum Gasteiger partial charge on any atom is -0.445 e. The minimum absolute atomic E-state index is 0.118. The first-order valence-corrected chi connectivity index (χ1v) is 12.0. The summed E-state index contributed by atoms with van der Waals surface area (Å²) in [5.41, 5.74) is 0.805. The molecule has 1 spiro atoms. The third kappa shape index (κ3) is 4.91. The molecule has 2 aromatic carbocycles. The average molecular weight is 447 g/mol. The van der Waals surface area contributed by atoms with Crippen molar-refractivity contribution in [2.75, 3.05) is 26.2 Å². The fraction of sp³-hybridized carbons (Fsp3) is 0.435. The molecule has 0 saturated carbocycles. The molecule has 2 fully saturated rings. The van der Waals surface area contributed by atoms with Gasteiger partial charge in [0.15, 0.2) is 0 Å². The van der Waals surface area contributed by atoms with E-state index in [2.05, 4.69) is 0 Å². The van der Waals surface area contributed by atoms with Crippen LogP contribution >= 0.6 is 0 Å². The van der Waals surface area contributed by atoms with Crippen LogP contribution in [0, 0.1) is 11.2 Å². The fourth-order valence-corrected chi connectivity index (χ4v) is 6.10. The summed E-state index contributed by atoms with van der Waals surface area (Å²) in [4.78, 5) is 14.3. The van der Waals surface area contributed by atoms with Gasteiger partial charge in [-0.1, -0.05) is 30.3 Å². The van der Waals surface area contributed by atoms with Crippen LogP contribution in [-0.2, 0) is 21.4 Å². The van der Waals surface area contributed by atoms with E-state index in [1.54, 1.807) is 4.90 Å². The predicted molar refractivity (Wildman–Crippen MR) is 114 cm³/mol. The van der Waals surface area contributed by atoms with Crippen molar-refractivity contribution >= 4 is 16.1 Å². The first-order valence-electron chi connectivity index (χ1n) is 10.6. The Morgan fingerprint density at radius 3 is 2.32 bits per heavy atom. The summed E-state index contributed by atoms with van der Waals surface area (Å²) in [5, 5.41) is 0. The molecule has 2 aliphatic heterocycles. The number of nitrogens with zero attached hydrogens (tertiary/aromatic N) is 2. The van der Waals surface area contributed by atoms with Gasteiger partial charge in [-0.2, -0.15) is 4.31 Å². The number of ether oxygens (including phenoxy) is 1. The lowest BCUT2D eigenvalue weighted by Gasteiger charge is -2.46. The summed E-state index contributed by atoms with van der Waals surface area (Å²) in [6.07, 6.45) is 2.87. The minimum atomic E-state index is -3.66. The number of carbonyl (C=O) groups is 1. The summed E-state index contributed by atoms with van der Waals surface area (Å²) >= 11 is 0. The van der Waals surface area contributed by atoms with Gasteiger partial charge in [0.25, 0.3) is 0 Å². The highest BCUT2D eigenvalue weighted by Gasteiger charge is 2.42. The van der Waals surface area contributed by atoms with Gasteiger partial charge in [0.05, 0.1) is 4.90 Å². The SMILES string of the molecule is O=C(OCc1ccccc1)N1CCC2(CCCN(S(=O)(=O)c3ccc(F)cc3)C2)CC1. The van der Waals surface area contributed by atoms with Gasteiger partial charge < -0.3 is 9.64 Å². The Kier molecular flexibility index (Phi) is 6.29. The van der Waals surface area contributed by atoms with Crippen LogP contribution in [0.25, 0.3) is 0 Å². The summed E-state index contributed by atoms with van der Waals surface area (Å²) in [6, 6.07) is 14.5. The second kappa shape index (κ2) is 8.96. The summed E-state index contributed by atoms with van der Waals surface area (Å²) in [7, 11) is -3.66. The topological polar surface area (TPSA) is 66.9 Å². The largest absolute Gasteiger partial charge is 0.445 e. The molecule has 2 heterocycles. The molecule has 166 valence electrons. The lowest BCUT2D eigenvalue weighted by atomic mass is 9.73. The molecule has 2 aromatic rings. The second-order valence-corrected chi connectivity index (χ2v) is 10.4. The highest BCUT2D eigenvalue weighted by Crippen LogP contribution is 2.41. The van der Waals surface area contributed by atoms with Crippen molar-refractivity contribution in [2.45, 2.75) is 37.2 Å². The fourth-order valence-electron chi connectivity index (χ4n) is 4.51. The lowest BCUT2D eigenvalue weighted by molar-refractivity contribution is 0.0374. The second-order valence-electron chi connectivity index (χ2n) is 8.42. The van der Waals surface area contributed by atoms with Gasteiger partial charge in [-0.15, -0.1) is 0 Å². The Bertz CT molecular complexity index is 1000. The molecule has 6 nitrogen and oxygen atoms in total. The van der Waals surface area contributed by atoms with Crippen LogP contribution in [0.2, 0.25) is 0 Å². The van der Waals surface area contributed by atoms with Gasteiger partial charge in [-0.05, 0) is 60.9 Å². The molecule has 2 saturated heterocycles. The third-order valence-corrected chi connectivity index (χ3v) is 8.22. The molecular formula is C23H27FN2O4S. The van der Waals surface area contributed by atoms with Crippen molar-refractivity contribution < 1.29 is 22.3 Å². The van der Waals surface area contributed by atoms with Crippen LogP contribution in [-0.4, -0.2) is 49.9 Å². The van der Waals surface area contributed by atoms with E-state index in [-0.39, 0.29) is 23.0 Å². The molecule has 0 aliphatic carbocycles. The Labute approximate surface area is 182 Å². The maximum atomic E-state index is 13.2. The maximum Gasteiger partial charge on any atom is 0.410 e. The van der Waals surface area contributed by atoms with E-state index in [0.29, 0.717) is 26.2 Å². The van der Waals surface area contributed by atoms with Crippen molar-refractivity contribution in [2.24, 2.45) is 5.41 Å². The molecule has 0 aromatic heterocycles. The van der Waals surface area contributed by atoms with Crippen molar-refractivity contribution in [3.63, 3.8) is 0 Å². The smallest absolute Gasteiger partial charge is 0.410 e. The van der Waals surface area contributed by atoms with E-state index in [0.717, 1.165) is 31.2 Å². The van der Waals surface area contributed by atoms with Crippen LogP contribution in [0.3, 0.4) is 0 Å². The van der Waals surface area contributed by atoms with Gasteiger partial charge in [0.1, 0.15) is 12.4 Å². The van der Waals surface area contributed by atoms with Gasteiger partial charge in [0, 0.05) is 26.2 Å². The average Bonchev–Trinajstić information content (AvgIpc) is 2.79. The normalized spacial score (nSPS) is 19.3. The lowest BCUT2D eigenvalue weighted by Crippen LogP contribution is -2.52. The standard InChI is InChI=1S/C23H27FN2O4S/c24-20-7-9-21(10-8-20)31(28,29)26-14-4-11-23(18-26)12-15-25(16-13-23)22(27)30-17-19-5-2-1-3-6-19/h1-3,5-10H,4,11-18H2. The number of sulfonamides is 1. The summed E-state index contributed by atoms with van der Waals surface area (Å²) in [6.45, 7) is 2.24. The third-order valence-electron chi connectivity index (χ3n) is 6.37. The number of likely N-dealkylation sites (tertiary alicyclic amines) is 1. The molecule has 0 bridgehead atoms. The number of carbonyl (C=O) groups excluding carboxylic acids is 1. The molecule has 0 radical (unpaired) electrons. The molecule has 8 heteroatoms. The molecule has 4 rings (SSSR count). The van der Waals surface area contributed by atoms with Crippen LogP contribution in [0.1, 0.15) is 31.2 Å². The van der Waals surface area contributed by atoms with E-state index < -0.39 is 15.8 Å². The van der Waals surface area contributed by atoms with E-state index >= 15 is 0 Å². The first kappa shape index (κ1) is 21.8. The van der Waals surface area contributed by atoms with Crippen LogP contribution < -0.4 is 0 Å². The monoisotopic (exact) mass is 446 g/mol. The molecule has 1 amide bonds. The van der Waals surface area contributed by atoms with E-state index in [1.807, 2.05) is 30.3 Å². The van der Waals surface area contributed by atoms with Gasteiger partial charge >= 0.3 is 6.09 Å². The van der Waals surface area contributed by atoms with Crippen LogP contribution in [0.4, 0.5) is 9.18 Å². The van der Waals surface area contributed by atoms with Gasteiger partial charge in [0.2, 0.25) is 10.0 Å². The number of hydrogen-bond acceptors (Lipinski definition) is 4. The zero-order valence-corrected chi connectivity index (χ0v) is 18.2. The number of hydrogen-bond donors (Lipinski definition) is 0. The molecule has 0 unspecified atom stereocenters.